The summed E-state index contributed by atoms with van der Waals surface area (Å²) < 4.78 is 25.8. The standard InChI is InChI=1S/C14H29N5O3S.HI/c1-5-19(6-2)23(21,22)12-7-16-14(15-4)18-10-8-17(9-11-18)13(3)20;/h5-12H2,1-4H3,(H,15,16);1H. The quantitative estimate of drug-likeness (QED) is 0.333. The second-order valence-corrected chi connectivity index (χ2v) is 7.46. The van der Waals surface area contributed by atoms with Crippen LogP contribution < -0.4 is 5.32 Å². The first-order valence-corrected chi connectivity index (χ1v) is 9.65. The number of halogens is 1. The number of guanidine groups is 1. The van der Waals surface area contributed by atoms with Gasteiger partial charge in [0.05, 0.1) is 5.75 Å². The van der Waals surface area contributed by atoms with Gasteiger partial charge in [-0.15, -0.1) is 24.0 Å². The SMILES string of the molecule is CCN(CC)S(=O)(=O)CCNC(=NC)N1CCN(C(C)=O)CC1.I. The highest BCUT2D eigenvalue weighted by Gasteiger charge is 2.22. The molecule has 1 N–H and O–H groups in total. The van der Waals surface area contributed by atoms with Gasteiger partial charge in [0.15, 0.2) is 5.96 Å². The lowest BCUT2D eigenvalue weighted by Gasteiger charge is -2.36. The van der Waals surface area contributed by atoms with Gasteiger partial charge in [0.1, 0.15) is 0 Å². The summed E-state index contributed by atoms with van der Waals surface area (Å²) in [5.41, 5.74) is 0. The maximum atomic E-state index is 12.1. The summed E-state index contributed by atoms with van der Waals surface area (Å²) in [6.45, 7) is 9.25. The largest absolute Gasteiger partial charge is 0.355 e. The first-order valence-electron chi connectivity index (χ1n) is 8.04. The van der Waals surface area contributed by atoms with Gasteiger partial charge in [0, 0.05) is 59.8 Å². The van der Waals surface area contributed by atoms with Crippen LogP contribution in [-0.2, 0) is 14.8 Å². The Bertz CT molecular complexity index is 515. The van der Waals surface area contributed by atoms with Crippen LogP contribution >= 0.6 is 24.0 Å². The van der Waals surface area contributed by atoms with Crippen LogP contribution in [0.1, 0.15) is 20.8 Å². The molecule has 142 valence electrons. The Balaban J connectivity index is 0.00000529. The van der Waals surface area contributed by atoms with E-state index >= 15 is 0 Å². The number of nitrogens with one attached hydrogen (secondary N) is 1. The van der Waals surface area contributed by atoms with Gasteiger partial charge in [-0.05, 0) is 0 Å². The first kappa shape index (κ1) is 23.4. The van der Waals surface area contributed by atoms with Crippen LogP contribution in [0.2, 0.25) is 0 Å². The maximum absolute atomic E-state index is 12.1. The van der Waals surface area contributed by atoms with E-state index in [1.807, 2.05) is 18.7 Å². The van der Waals surface area contributed by atoms with Crippen molar-refractivity contribution in [3.63, 3.8) is 0 Å². The summed E-state index contributed by atoms with van der Waals surface area (Å²) >= 11 is 0. The van der Waals surface area contributed by atoms with Crippen LogP contribution in [0, 0.1) is 0 Å². The van der Waals surface area contributed by atoms with Crippen LogP contribution in [0.15, 0.2) is 4.99 Å². The molecule has 1 saturated heterocycles. The summed E-state index contributed by atoms with van der Waals surface area (Å²) in [7, 11) is -1.55. The Kier molecular flexibility index (Phi) is 10.8. The highest BCUT2D eigenvalue weighted by Crippen LogP contribution is 2.03. The van der Waals surface area contributed by atoms with Gasteiger partial charge in [0.2, 0.25) is 15.9 Å². The van der Waals surface area contributed by atoms with Crippen molar-refractivity contribution >= 4 is 45.9 Å². The van der Waals surface area contributed by atoms with E-state index in [2.05, 4.69) is 10.3 Å². The van der Waals surface area contributed by atoms with Crippen LogP contribution in [-0.4, -0.2) is 93.0 Å². The van der Waals surface area contributed by atoms with Crippen LogP contribution in [0.3, 0.4) is 0 Å². The average Bonchev–Trinajstić information content (AvgIpc) is 2.52. The molecule has 0 atom stereocenters. The molecule has 0 aromatic rings. The molecule has 0 aromatic carbocycles. The fourth-order valence-corrected chi connectivity index (χ4v) is 4.01. The van der Waals surface area contributed by atoms with Gasteiger partial charge < -0.3 is 15.1 Å². The highest BCUT2D eigenvalue weighted by atomic mass is 127. The van der Waals surface area contributed by atoms with Crippen LogP contribution in [0.5, 0.6) is 0 Å². The van der Waals surface area contributed by atoms with Crippen LogP contribution in [0.25, 0.3) is 0 Å². The molecule has 0 unspecified atom stereocenters. The summed E-state index contributed by atoms with van der Waals surface area (Å²) in [6, 6.07) is 0. The number of sulfonamides is 1. The highest BCUT2D eigenvalue weighted by molar-refractivity contribution is 14.0. The third-order valence-electron chi connectivity index (χ3n) is 3.98. The summed E-state index contributed by atoms with van der Waals surface area (Å²) in [6.07, 6.45) is 0. The molecule has 1 fully saturated rings. The number of piperazine rings is 1. The zero-order chi connectivity index (χ0) is 17.5. The Morgan fingerprint density at radius 2 is 1.62 bits per heavy atom. The molecule has 1 heterocycles. The van der Waals surface area contributed by atoms with Gasteiger partial charge in [-0.1, -0.05) is 13.8 Å². The third-order valence-corrected chi connectivity index (χ3v) is 6.00. The fraction of sp³-hybridized carbons (Fsp3) is 0.857. The molecule has 1 rings (SSSR count). The predicted octanol–water partition coefficient (Wildman–Crippen LogP) is 0.0155. The van der Waals surface area contributed by atoms with Crippen LogP contribution in [0.4, 0.5) is 0 Å². The second kappa shape index (κ2) is 11.1. The maximum Gasteiger partial charge on any atom is 0.219 e. The lowest BCUT2D eigenvalue weighted by molar-refractivity contribution is -0.130. The van der Waals surface area contributed by atoms with E-state index in [4.69, 9.17) is 0 Å². The minimum Gasteiger partial charge on any atom is -0.355 e. The lowest BCUT2D eigenvalue weighted by Crippen LogP contribution is -2.54. The van der Waals surface area contributed by atoms with Crippen molar-refractivity contribution in [3.05, 3.63) is 0 Å². The molecule has 8 nitrogen and oxygen atoms in total. The molecular weight excluding hydrogens is 445 g/mol. The summed E-state index contributed by atoms with van der Waals surface area (Å²) in [5, 5.41) is 3.11. The molecular formula is C14H30IN5O3S. The van der Waals surface area contributed by atoms with E-state index in [0.717, 1.165) is 0 Å². The molecule has 0 radical (unpaired) electrons. The Hall–Kier alpha value is -0.620. The van der Waals surface area contributed by atoms with E-state index in [9.17, 15) is 13.2 Å². The molecule has 0 saturated carbocycles. The number of carbonyl (C=O) groups is 1. The van der Waals surface area contributed by atoms with E-state index < -0.39 is 10.0 Å². The van der Waals surface area contributed by atoms with Gasteiger partial charge in [-0.25, -0.2) is 12.7 Å². The van der Waals surface area contributed by atoms with Crippen molar-refractivity contribution in [3.8, 4) is 0 Å². The monoisotopic (exact) mass is 475 g/mol. The van der Waals surface area contributed by atoms with Crippen molar-refractivity contribution in [1.29, 1.82) is 0 Å². The molecule has 10 heteroatoms. The normalized spacial score (nSPS) is 16.1. The Morgan fingerprint density at radius 3 is 2.04 bits per heavy atom. The van der Waals surface area contributed by atoms with Gasteiger partial charge >= 0.3 is 0 Å². The first-order chi connectivity index (χ1) is 10.9. The number of rotatable bonds is 6. The Labute approximate surface area is 162 Å². The van der Waals surface area contributed by atoms with Gasteiger partial charge in [0.25, 0.3) is 0 Å². The number of aliphatic imine (C=N–C) groups is 1. The number of amides is 1. The molecule has 0 spiro atoms. The molecule has 0 aromatic heterocycles. The van der Waals surface area contributed by atoms with Crippen molar-refractivity contribution < 1.29 is 13.2 Å². The molecule has 0 bridgehead atoms. The number of hydrogen-bond donors (Lipinski definition) is 1. The van der Waals surface area contributed by atoms with Crippen molar-refractivity contribution in [1.82, 2.24) is 19.4 Å². The van der Waals surface area contributed by atoms with Crippen molar-refractivity contribution in [2.45, 2.75) is 20.8 Å². The minimum absolute atomic E-state index is 0. The minimum atomic E-state index is -3.23. The van der Waals surface area contributed by atoms with Gasteiger partial charge in [-0.2, -0.15) is 0 Å². The smallest absolute Gasteiger partial charge is 0.219 e. The zero-order valence-electron chi connectivity index (χ0n) is 15.0. The zero-order valence-corrected chi connectivity index (χ0v) is 18.1. The molecule has 24 heavy (non-hydrogen) atoms. The van der Waals surface area contributed by atoms with Crippen molar-refractivity contribution in [2.75, 3.05) is 58.6 Å². The second-order valence-electron chi connectivity index (χ2n) is 5.37. The number of hydrogen-bond acceptors (Lipinski definition) is 4. The lowest BCUT2D eigenvalue weighted by atomic mass is 10.3. The van der Waals surface area contributed by atoms with E-state index in [1.54, 1.807) is 18.9 Å². The molecule has 0 aliphatic carbocycles. The Morgan fingerprint density at radius 1 is 1.12 bits per heavy atom. The topological polar surface area (TPSA) is 85.3 Å². The molecule has 1 aliphatic rings. The van der Waals surface area contributed by atoms with Crippen molar-refractivity contribution in [2.24, 2.45) is 4.99 Å². The van der Waals surface area contributed by atoms with E-state index in [1.165, 1.54) is 4.31 Å². The summed E-state index contributed by atoms with van der Waals surface area (Å²) in [5.74, 6) is 0.807. The molecule has 1 aliphatic heterocycles. The van der Waals surface area contributed by atoms with E-state index in [0.29, 0.717) is 51.8 Å². The van der Waals surface area contributed by atoms with E-state index in [-0.39, 0.29) is 35.6 Å². The number of carbonyl (C=O) groups excluding carboxylic acids is 1. The summed E-state index contributed by atoms with van der Waals surface area (Å²) in [4.78, 5) is 19.4. The fourth-order valence-electron chi connectivity index (χ4n) is 2.60. The third kappa shape index (κ3) is 6.71. The predicted molar refractivity (Wildman–Crippen MR) is 107 cm³/mol. The average molecular weight is 475 g/mol. The van der Waals surface area contributed by atoms with Gasteiger partial charge in [-0.3, -0.25) is 9.79 Å². The number of nitrogens with zero attached hydrogens (tertiary/aromatic N) is 4. The molecule has 1 amide bonds.